The van der Waals surface area contributed by atoms with Gasteiger partial charge in [-0.3, -0.25) is 13.6 Å². The maximum atomic E-state index is 13.6. The normalized spacial score (nSPS) is 25.1. The summed E-state index contributed by atoms with van der Waals surface area (Å²) in [5, 5.41) is 10.2. The number of para-hydroxylation sites is 1. The second kappa shape index (κ2) is 10.2. The van der Waals surface area contributed by atoms with Crippen LogP contribution in [-0.2, 0) is 20.4 Å². The van der Waals surface area contributed by atoms with Crippen molar-refractivity contribution < 1.29 is 36.6 Å². The average molecular weight is 449 g/mol. The summed E-state index contributed by atoms with van der Waals surface area (Å²) in [6.07, 6.45) is -1.50. The van der Waals surface area contributed by atoms with Gasteiger partial charge in [0.1, 0.15) is 18.1 Å². The van der Waals surface area contributed by atoms with E-state index in [0.717, 1.165) is 16.3 Å². The summed E-state index contributed by atoms with van der Waals surface area (Å²) in [6, 6.07) is 7.46. The Labute approximate surface area is 170 Å². The summed E-state index contributed by atoms with van der Waals surface area (Å²) in [5.74, 6) is -0.626. The molecule has 4 unspecified atom stereocenters. The Bertz CT molecular complexity index is 921. The molecule has 30 heavy (non-hydrogen) atoms. The highest BCUT2D eigenvalue weighted by Gasteiger charge is 2.37. The Kier molecular flexibility index (Phi) is 7.62. The predicted molar refractivity (Wildman–Crippen MR) is 99.2 cm³/mol. The predicted octanol–water partition coefficient (Wildman–Crippen LogP) is 2.35. The second-order valence-corrected chi connectivity index (χ2v) is 7.34. The van der Waals surface area contributed by atoms with Gasteiger partial charge in [0.2, 0.25) is 6.93 Å². The maximum absolute atomic E-state index is 13.6. The fraction of sp³-hybridized carbons (Fsp3) is 0.412. The van der Waals surface area contributed by atoms with E-state index in [1.165, 1.54) is 0 Å². The molecule has 0 radical (unpaired) electrons. The van der Waals surface area contributed by atoms with Crippen LogP contribution in [0.25, 0.3) is 0 Å². The Morgan fingerprint density at radius 2 is 2.10 bits per heavy atom. The molecule has 13 heteroatoms. The van der Waals surface area contributed by atoms with Crippen molar-refractivity contribution in [3.8, 4) is 5.75 Å². The SMILES string of the molecule is FCF.Nc1nc(=O)n(C2CC(O)C(COP3OCc4ccccc4O3)O2)cc1F. The van der Waals surface area contributed by atoms with Crippen molar-refractivity contribution in [3.63, 3.8) is 0 Å². The van der Waals surface area contributed by atoms with Gasteiger partial charge >= 0.3 is 14.3 Å². The van der Waals surface area contributed by atoms with Crippen molar-refractivity contribution >= 4 is 14.4 Å². The van der Waals surface area contributed by atoms with Gasteiger partial charge in [-0.25, -0.2) is 18.0 Å². The van der Waals surface area contributed by atoms with Crippen LogP contribution in [0.4, 0.5) is 19.0 Å². The van der Waals surface area contributed by atoms with E-state index >= 15 is 0 Å². The number of fused-ring (bicyclic) bond motifs is 1. The van der Waals surface area contributed by atoms with Crippen molar-refractivity contribution in [2.75, 3.05) is 19.3 Å². The molecular weight excluding hydrogens is 430 g/mol. The van der Waals surface area contributed by atoms with Gasteiger partial charge in [-0.2, -0.15) is 4.98 Å². The molecule has 0 amide bonds. The number of nitrogen functional groups attached to an aromatic ring is 1. The molecule has 0 saturated carbocycles. The molecule has 9 nitrogen and oxygen atoms in total. The fourth-order valence-electron chi connectivity index (χ4n) is 2.84. The Balaban J connectivity index is 0.000000806. The standard InChI is InChI=1S/C16H17FN3O6P.CH2F2/c17-10-6-20(16(22)19-15(10)18)14-5-11(21)13(25-14)8-24-27-23-7-9-3-1-2-4-12(9)26-27;2-1-3/h1-4,6,11,13-14,21H,5,7-8H2,(H2,18,19,22);1H2. The molecule has 0 bridgehead atoms. The molecule has 0 spiro atoms. The van der Waals surface area contributed by atoms with E-state index < -0.39 is 51.3 Å². The van der Waals surface area contributed by atoms with Crippen LogP contribution in [0.15, 0.2) is 35.3 Å². The summed E-state index contributed by atoms with van der Waals surface area (Å²) >= 11 is 0. The number of aliphatic hydroxyl groups is 1. The van der Waals surface area contributed by atoms with Gasteiger partial charge in [-0.05, 0) is 6.07 Å². The monoisotopic (exact) mass is 449 g/mol. The van der Waals surface area contributed by atoms with Crippen molar-refractivity contribution in [2.24, 2.45) is 0 Å². The van der Waals surface area contributed by atoms with Crippen LogP contribution in [-0.4, -0.2) is 40.4 Å². The first-order valence-corrected chi connectivity index (χ1v) is 9.84. The summed E-state index contributed by atoms with van der Waals surface area (Å²) in [4.78, 5) is 15.3. The highest BCUT2D eigenvalue weighted by Crippen LogP contribution is 2.47. The van der Waals surface area contributed by atoms with Crippen LogP contribution in [0.3, 0.4) is 0 Å². The van der Waals surface area contributed by atoms with Crippen LogP contribution in [0, 0.1) is 5.82 Å². The largest absolute Gasteiger partial charge is 0.426 e. The van der Waals surface area contributed by atoms with Gasteiger partial charge in [-0.15, -0.1) is 0 Å². The number of aliphatic hydroxyl groups excluding tert-OH is 1. The first kappa shape index (κ1) is 22.4. The zero-order valence-corrected chi connectivity index (χ0v) is 16.4. The lowest BCUT2D eigenvalue weighted by Gasteiger charge is -2.25. The van der Waals surface area contributed by atoms with Crippen LogP contribution in [0.2, 0.25) is 0 Å². The second-order valence-electron chi connectivity index (χ2n) is 6.19. The number of rotatable bonds is 4. The molecule has 1 fully saturated rings. The van der Waals surface area contributed by atoms with Crippen LogP contribution >= 0.6 is 8.60 Å². The molecule has 164 valence electrons. The molecule has 1 aromatic heterocycles. The number of hydrogen-bond donors (Lipinski definition) is 2. The van der Waals surface area contributed by atoms with E-state index in [-0.39, 0.29) is 13.0 Å². The van der Waals surface area contributed by atoms with E-state index in [1.807, 2.05) is 24.3 Å². The third-order valence-electron chi connectivity index (χ3n) is 4.26. The number of nitrogens with two attached hydrogens (primary N) is 1. The minimum atomic E-state index is -1.75. The summed E-state index contributed by atoms with van der Waals surface area (Å²) < 4.78 is 56.2. The lowest BCUT2D eigenvalue weighted by molar-refractivity contribution is -0.0438. The van der Waals surface area contributed by atoms with E-state index in [1.54, 1.807) is 0 Å². The smallest absolute Gasteiger partial charge is 0.397 e. The third kappa shape index (κ3) is 5.27. The zero-order valence-electron chi connectivity index (χ0n) is 15.5. The average Bonchev–Trinajstić information content (AvgIpc) is 3.10. The number of halogens is 3. The third-order valence-corrected chi connectivity index (χ3v) is 5.31. The molecule has 1 aromatic carbocycles. The van der Waals surface area contributed by atoms with Crippen molar-refractivity contribution in [3.05, 3.63) is 52.3 Å². The quantitative estimate of drug-likeness (QED) is 0.683. The van der Waals surface area contributed by atoms with Gasteiger partial charge in [0, 0.05) is 12.0 Å². The van der Waals surface area contributed by atoms with Gasteiger partial charge in [0.25, 0.3) is 0 Å². The number of nitrogens with zero attached hydrogens (tertiary/aromatic N) is 2. The van der Waals surface area contributed by atoms with E-state index in [4.69, 9.17) is 24.0 Å². The number of anilines is 1. The summed E-state index contributed by atoms with van der Waals surface area (Å²) in [7, 11) is -1.63. The van der Waals surface area contributed by atoms with Crippen LogP contribution in [0.5, 0.6) is 5.75 Å². The Morgan fingerprint density at radius 3 is 2.87 bits per heavy atom. The molecular formula is C17H19F3N3O6P. The van der Waals surface area contributed by atoms with Crippen molar-refractivity contribution in [1.29, 1.82) is 0 Å². The number of aromatic nitrogens is 2. The molecule has 1 saturated heterocycles. The lowest BCUT2D eigenvalue weighted by Crippen LogP contribution is -2.29. The maximum Gasteiger partial charge on any atom is 0.397 e. The van der Waals surface area contributed by atoms with E-state index in [0.29, 0.717) is 12.4 Å². The summed E-state index contributed by atoms with van der Waals surface area (Å²) in [6.45, 7) is -1.39. The molecule has 2 aliphatic heterocycles. The first-order chi connectivity index (χ1) is 14.4. The molecule has 4 rings (SSSR count). The van der Waals surface area contributed by atoms with E-state index in [9.17, 15) is 23.1 Å². The fourth-order valence-corrected chi connectivity index (χ4v) is 3.87. The van der Waals surface area contributed by atoms with Crippen molar-refractivity contribution in [2.45, 2.75) is 31.5 Å². The minimum absolute atomic E-state index is 0.00876. The lowest BCUT2D eigenvalue weighted by atomic mass is 10.2. The van der Waals surface area contributed by atoms with Gasteiger partial charge in [0.15, 0.2) is 11.6 Å². The molecule has 2 aliphatic rings. The molecule has 3 N–H and O–H groups in total. The number of ether oxygens (including phenoxy) is 1. The first-order valence-electron chi connectivity index (χ1n) is 8.74. The van der Waals surface area contributed by atoms with Gasteiger partial charge in [0.05, 0.1) is 25.5 Å². The Morgan fingerprint density at radius 1 is 1.37 bits per heavy atom. The highest BCUT2D eigenvalue weighted by atomic mass is 31.2. The molecule has 3 heterocycles. The number of alkyl halides is 2. The zero-order chi connectivity index (χ0) is 21.7. The van der Waals surface area contributed by atoms with E-state index in [2.05, 4.69) is 4.98 Å². The molecule has 0 aliphatic carbocycles. The minimum Gasteiger partial charge on any atom is -0.426 e. The van der Waals surface area contributed by atoms with Crippen LogP contribution in [0.1, 0.15) is 18.2 Å². The summed E-state index contributed by atoms with van der Waals surface area (Å²) in [5.41, 5.74) is 5.44. The molecule has 4 atom stereocenters. The van der Waals surface area contributed by atoms with Gasteiger partial charge in [-0.1, -0.05) is 18.2 Å². The Hall–Kier alpha value is -2.24. The van der Waals surface area contributed by atoms with Gasteiger partial charge < -0.3 is 20.1 Å². The van der Waals surface area contributed by atoms with Crippen LogP contribution < -0.4 is 15.9 Å². The highest BCUT2D eigenvalue weighted by molar-refractivity contribution is 7.42. The number of benzene rings is 1. The molecule has 2 aromatic rings. The topological polar surface area (TPSA) is 118 Å². The van der Waals surface area contributed by atoms with Crippen molar-refractivity contribution in [1.82, 2.24) is 9.55 Å². The number of hydrogen-bond acceptors (Lipinski definition) is 8.